The first kappa shape index (κ1) is 20.3. The maximum atomic E-state index is 12.4. The molecular weight excluding hydrogens is 398 g/mol. The molecule has 0 radical (unpaired) electrons. The summed E-state index contributed by atoms with van der Waals surface area (Å²) < 4.78 is 15.9. The maximum Gasteiger partial charge on any atom is 0.264 e. The summed E-state index contributed by atoms with van der Waals surface area (Å²) in [6, 6.07) is 16.3. The van der Waals surface area contributed by atoms with Gasteiger partial charge in [0.1, 0.15) is 5.75 Å². The molecule has 0 bridgehead atoms. The first-order valence-electron chi connectivity index (χ1n) is 9.80. The Hall–Kier alpha value is -4.01. The van der Waals surface area contributed by atoms with Crippen LogP contribution in [0, 0.1) is 0 Å². The van der Waals surface area contributed by atoms with Gasteiger partial charge < -0.3 is 19.1 Å². The molecule has 0 atom stereocenters. The summed E-state index contributed by atoms with van der Waals surface area (Å²) >= 11 is 0. The third-order valence-electron chi connectivity index (χ3n) is 4.36. The fourth-order valence-corrected chi connectivity index (χ4v) is 2.70. The predicted octanol–water partition coefficient (Wildman–Crippen LogP) is 3.75. The van der Waals surface area contributed by atoms with Gasteiger partial charge in [-0.25, -0.2) is 0 Å². The standard InChI is InChI=1S/C22H21N5O4/c1-14(2)22-25-20(27-31-22)15-8-10-16(11-9-15)21(28)23-12-18-24-19(30-26-18)13-29-17-6-4-3-5-7-17/h3-11,14H,12-13H2,1-2H3,(H,23,28). The summed E-state index contributed by atoms with van der Waals surface area (Å²) in [4.78, 5) is 21.0. The Balaban J connectivity index is 1.30. The molecule has 0 unspecified atom stereocenters. The lowest BCUT2D eigenvalue weighted by atomic mass is 10.1. The van der Waals surface area contributed by atoms with Crippen LogP contribution in [-0.4, -0.2) is 26.2 Å². The number of amides is 1. The highest BCUT2D eigenvalue weighted by atomic mass is 16.5. The Labute approximate surface area is 178 Å². The summed E-state index contributed by atoms with van der Waals surface area (Å²) in [6.45, 7) is 4.25. The van der Waals surface area contributed by atoms with Crippen LogP contribution in [0.4, 0.5) is 0 Å². The van der Waals surface area contributed by atoms with E-state index in [0.717, 1.165) is 5.56 Å². The van der Waals surface area contributed by atoms with Gasteiger partial charge in [-0.3, -0.25) is 4.79 Å². The van der Waals surface area contributed by atoms with Crippen LogP contribution in [0.2, 0.25) is 0 Å². The molecule has 0 fully saturated rings. The lowest BCUT2D eigenvalue weighted by molar-refractivity contribution is 0.0949. The zero-order valence-corrected chi connectivity index (χ0v) is 17.1. The van der Waals surface area contributed by atoms with Crippen molar-refractivity contribution in [3.8, 4) is 17.1 Å². The number of para-hydroxylation sites is 1. The maximum absolute atomic E-state index is 12.4. The van der Waals surface area contributed by atoms with Gasteiger partial charge >= 0.3 is 0 Å². The molecule has 0 aliphatic carbocycles. The van der Waals surface area contributed by atoms with Gasteiger partial charge in [0, 0.05) is 17.0 Å². The highest BCUT2D eigenvalue weighted by Crippen LogP contribution is 2.20. The number of ether oxygens (including phenoxy) is 1. The Kier molecular flexibility index (Phi) is 6.02. The predicted molar refractivity (Wildman–Crippen MR) is 110 cm³/mol. The summed E-state index contributed by atoms with van der Waals surface area (Å²) in [7, 11) is 0. The highest BCUT2D eigenvalue weighted by Gasteiger charge is 2.13. The van der Waals surface area contributed by atoms with Gasteiger partial charge in [0.25, 0.3) is 11.8 Å². The number of nitrogens with one attached hydrogen (secondary N) is 1. The Morgan fingerprint density at radius 2 is 1.77 bits per heavy atom. The van der Waals surface area contributed by atoms with Crippen molar-refractivity contribution in [3.63, 3.8) is 0 Å². The van der Waals surface area contributed by atoms with Crippen molar-refractivity contribution >= 4 is 5.91 Å². The number of carbonyl (C=O) groups is 1. The number of carbonyl (C=O) groups excluding carboxylic acids is 1. The van der Waals surface area contributed by atoms with Crippen molar-refractivity contribution in [2.45, 2.75) is 32.9 Å². The zero-order valence-electron chi connectivity index (χ0n) is 17.1. The van der Waals surface area contributed by atoms with Crippen LogP contribution in [0.15, 0.2) is 63.6 Å². The van der Waals surface area contributed by atoms with E-state index in [9.17, 15) is 4.79 Å². The van der Waals surface area contributed by atoms with Crippen LogP contribution < -0.4 is 10.1 Å². The highest BCUT2D eigenvalue weighted by molar-refractivity contribution is 5.94. The Bertz CT molecular complexity index is 1140. The summed E-state index contributed by atoms with van der Waals surface area (Å²) in [6.07, 6.45) is 0. The zero-order chi connectivity index (χ0) is 21.6. The Morgan fingerprint density at radius 3 is 2.48 bits per heavy atom. The number of rotatable bonds is 8. The second kappa shape index (κ2) is 9.21. The van der Waals surface area contributed by atoms with E-state index >= 15 is 0 Å². The van der Waals surface area contributed by atoms with E-state index in [1.165, 1.54) is 0 Å². The van der Waals surface area contributed by atoms with Crippen molar-refractivity contribution in [1.29, 1.82) is 0 Å². The largest absolute Gasteiger partial charge is 0.484 e. The van der Waals surface area contributed by atoms with Gasteiger partial charge in [-0.15, -0.1) is 0 Å². The molecule has 0 aliphatic heterocycles. The average molecular weight is 419 g/mol. The third-order valence-corrected chi connectivity index (χ3v) is 4.36. The second-order valence-corrected chi connectivity index (χ2v) is 7.08. The van der Waals surface area contributed by atoms with Crippen LogP contribution in [-0.2, 0) is 13.2 Å². The molecule has 0 saturated carbocycles. The molecule has 4 rings (SSSR count). The lowest BCUT2D eigenvalue weighted by Gasteiger charge is -2.03. The molecule has 9 nitrogen and oxygen atoms in total. The Morgan fingerprint density at radius 1 is 1.00 bits per heavy atom. The van der Waals surface area contributed by atoms with Crippen molar-refractivity contribution in [3.05, 3.63) is 77.8 Å². The molecule has 1 N–H and O–H groups in total. The summed E-state index contributed by atoms with van der Waals surface area (Å²) in [5.41, 5.74) is 1.26. The molecule has 0 spiro atoms. The number of aromatic nitrogens is 4. The number of hydrogen-bond donors (Lipinski definition) is 1. The molecule has 158 valence electrons. The topological polar surface area (TPSA) is 116 Å². The molecule has 31 heavy (non-hydrogen) atoms. The van der Waals surface area contributed by atoms with Crippen molar-refractivity contribution in [1.82, 2.24) is 25.6 Å². The molecule has 0 aliphatic rings. The smallest absolute Gasteiger partial charge is 0.264 e. The number of hydrogen-bond acceptors (Lipinski definition) is 8. The first-order valence-corrected chi connectivity index (χ1v) is 9.80. The molecule has 2 aromatic heterocycles. The molecule has 2 aromatic carbocycles. The van der Waals surface area contributed by atoms with Crippen molar-refractivity contribution < 1.29 is 18.6 Å². The van der Waals surface area contributed by atoms with Crippen LogP contribution in [0.3, 0.4) is 0 Å². The van der Waals surface area contributed by atoms with Gasteiger partial charge in [0.05, 0.1) is 6.54 Å². The minimum absolute atomic E-state index is 0.137. The second-order valence-electron chi connectivity index (χ2n) is 7.08. The van der Waals surface area contributed by atoms with Crippen LogP contribution >= 0.6 is 0 Å². The first-order chi connectivity index (χ1) is 15.1. The molecular formula is C22H21N5O4. The van der Waals surface area contributed by atoms with E-state index in [1.54, 1.807) is 24.3 Å². The SMILES string of the molecule is CC(C)c1nc(-c2ccc(C(=O)NCc3noc(COc4ccccc4)n3)cc2)no1. The monoisotopic (exact) mass is 419 g/mol. The van der Waals surface area contributed by atoms with Gasteiger partial charge in [-0.05, 0) is 24.3 Å². The van der Waals surface area contributed by atoms with Gasteiger partial charge in [0.15, 0.2) is 12.4 Å². The summed E-state index contributed by atoms with van der Waals surface area (Å²) in [5, 5.41) is 10.6. The molecule has 1 amide bonds. The third kappa shape index (κ3) is 5.13. The molecule has 0 saturated heterocycles. The van der Waals surface area contributed by atoms with E-state index in [2.05, 4.69) is 25.6 Å². The van der Waals surface area contributed by atoms with Gasteiger partial charge in [0.2, 0.25) is 11.7 Å². The van der Waals surface area contributed by atoms with Crippen LogP contribution in [0.1, 0.15) is 47.7 Å². The average Bonchev–Trinajstić information content (AvgIpc) is 3.47. The van der Waals surface area contributed by atoms with Gasteiger partial charge in [-0.1, -0.05) is 54.5 Å². The van der Waals surface area contributed by atoms with E-state index in [0.29, 0.717) is 34.7 Å². The number of benzene rings is 2. The molecule has 2 heterocycles. The van der Waals surface area contributed by atoms with Crippen molar-refractivity contribution in [2.24, 2.45) is 0 Å². The van der Waals surface area contributed by atoms with Crippen LogP contribution in [0.5, 0.6) is 5.75 Å². The minimum atomic E-state index is -0.255. The quantitative estimate of drug-likeness (QED) is 0.459. The lowest BCUT2D eigenvalue weighted by Crippen LogP contribution is -2.23. The fraction of sp³-hybridized carbons (Fsp3) is 0.227. The van der Waals surface area contributed by atoms with E-state index < -0.39 is 0 Å². The molecule has 9 heteroatoms. The molecule has 4 aromatic rings. The van der Waals surface area contributed by atoms with Crippen LogP contribution in [0.25, 0.3) is 11.4 Å². The normalized spacial score (nSPS) is 10.9. The van der Waals surface area contributed by atoms with E-state index in [4.69, 9.17) is 13.8 Å². The van der Waals surface area contributed by atoms with Crippen molar-refractivity contribution in [2.75, 3.05) is 0 Å². The fourth-order valence-electron chi connectivity index (χ4n) is 2.70. The van der Waals surface area contributed by atoms with E-state index in [-0.39, 0.29) is 25.0 Å². The number of nitrogens with zero attached hydrogens (tertiary/aromatic N) is 4. The van der Waals surface area contributed by atoms with E-state index in [1.807, 2.05) is 44.2 Å². The minimum Gasteiger partial charge on any atom is -0.484 e. The summed E-state index contributed by atoms with van der Waals surface area (Å²) in [5.74, 6) is 2.37. The van der Waals surface area contributed by atoms with Gasteiger partial charge in [-0.2, -0.15) is 9.97 Å².